The van der Waals surface area contributed by atoms with E-state index in [4.69, 9.17) is 5.73 Å². The third kappa shape index (κ3) is 2.54. The van der Waals surface area contributed by atoms with Crippen molar-refractivity contribution < 1.29 is 0 Å². The van der Waals surface area contributed by atoms with Gasteiger partial charge >= 0.3 is 0 Å². The van der Waals surface area contributed by atoms with E-state index >= 15 is 0 Å². The van der Waals surface area contributed by atoms with E-state index in [9.17, 15) is 0 Å². The van der Waals surface area contributed by atoms with Crippen molar-refractivity contribution in [1.82, 2.24) is 9.78 Å². The van der Waals surface area contributed by atoms with E-state index in [0.29, 0.717) is 6.04 Å². The number of anilines is 2. The summed E-state index contributed by atoms with van der Waals surface area (Å²) in [5, 5.41) is 8.79. The molecule has 2 rings (SSSR count). The molecule has 1 fully saturated rings. The fraction of sp³-hybridized carbons (Fsp3) is 0.750. The molecule has 3 N–H and O–H groups in total. The maximum Gasteiger partial charge on any atom is 0.147 e. The first-order valence-corrected chi connectivity index (χ1v) is 7.55. The zero-order chi connectivity index (χ0) is 12.4. The van der Waals surface area contributed by atoms with Crippen LogP contribution in [0, 0.1) is 0 Å². The van der Waals surface area contributed by atoms with Crippen LogP contribution in [0.2, 0.25) is 0 Å². The van der Waals surface area contributed by atoms with Crippen molar-refractivity contribution in [2.75, 3.05) is 17.3 Å². The Morgan fingerprint density at radius 3 is 2.82 bits per heavy atom. The Labute approximate surface area is 107 Å². The highest BCUT2D eigenvalue weighted by Gasteiger charge is 2.25. The van der Waals surface area contributed by atoms with E-state index in [0.717, 1.165) is 28.9 Å². The van der Waals surface area contributed by atoms with Gasteiger partial charge in [-0.05, 0) is 31.9 Å². The summed E-state index contributed by atoms with van der Waals surface area (Å²) in [6.07, 6.45) is 6.85. The fourth-order valence-electron chi connectivity index (χ4n) is 2.51. The zero-order valence-corrected chi connectivity index (χ0v) is 11.7. The standard InChI is InChI=1S/C12H22N4S/c1-4-10-11(13)12(16(2)15-10)14-8-5-6-9(7-8)17-3/h8-9,14H,4-7,13H2,1-3H3. The second kappa shape index (κ2) is 5.21. The van der Waals surface area contributed by atoms with Crippen LogP contribution in [0.4, 0.5) is 11.5 Å². The molecule has 4 nitrogen and oxygen atoms in total. The monoisotopic (exact) mass is 254 g/mol. The molecule has 0 amide bonds. The van der Waals surface area contributed by atoms with Gasteiger partial charge in [0.15, 0.2) is 0 Å². The molecule has 5 heteroatoms. The van der Waals surface area contributed by atoms with Crippen LogP contribution in [0.3, 0.4) is 0 Å². The third-order valence-electron chi connectivity index (χ3n) is 3.55. The van der Waals surface area contributed by atoms with Gasteiger partial charge in [-0.15, -0.1) is 0 Å². The van der Waals surface area contributed by atoms with Gasteiger partial charge < -0.3 is 11.1 Å². The van der Waals surface area contributed by atoms with Crippen LogP contribution in [0.5, 0.6) is 0 Å². The predicted octanol–water partition coefficient (Wildman–Crippen LogP) is 2.26. The number of nitrogens with two attached hydrogens (primary N) is 1. The summed E-state index contributed by atoms with van der Waals surface area (Å²) in [6.45, 7) is 2.09. The highest BCUT2D eigenvalue weighted by molar-refractivity contribution is 7.99. The third-order valence-corrected chi connectivity index (χ3v) is 4.65. The van der Waals surface area contributed by atoms with Crippen LogP contribution >= 0.6 is 11.8 Å². The first-order chi connectivity index (χ1) is 8.15. The molecular weight excluding hydrogens is 232 g/mol. The van der Waals surface area contributed by atoms with Crippen LogP contribution in [0.25, 0.3) is 0 Å². The first kappa shape index (κ1) is 12.6. The van der Waals surface area contributed by atoms with Gasteiger partial charge in [-0.2, -0.15) is 16.9 Å². The van der Waals surface area contributed by atoms with E-state index in [-0.39, 0.29) is 0 Å². The molecule has 1 aromatic rings. The Morgan fingerprint density at radius 1 is 1.53 bits per heavy atom. The minimum Gasteiger partial charge on any atom is -0.394 e. The molecule has 0 aliphatic heterocycles. The molecule has 1 aliphatic carbocycles. The quantitative estimate of drug-likeness (QED) is 0.865. The van der Waals surface area contributed by atoms with Gasteiger partial charge in [0.25, 0.3) is 0 Å². The number of aryl methyl sites for hydroxylation is 2. The van der Waals surface area contributed by atoms with E-state index in [2.05, 4.69) is 23.6 Å². The van der Waals surface area contributed by atoms with Crippen molar-refractivity contribution in [1.29, 1.82) is 0 Å². The van der Waals surface area contributed by atoms with Gasteiger partial charge in [0.1, 0.15) is 5.82 Å². The molecule has 96 valence electrons. The van der Waals surface area contributed by atoms with E-state index in [1.54, 1.807) is 0 Å². The molecule has 2 unspecified atom stereocenters. The lowest BCUT2D eigenvalue weighted by molar-refractivity contribution is 0.706. The van der Waals surface area contributed by atoms with E-state index in [1.165, 1.54) is 19.3 Å². The van der Waals surface area contributed by atoms with Crippen molar-refractivity contribution in [3.8, 4) is 0 Å². The molecule has 0 aromatic carbocycles. The summed E-state index contributed by atoms with van der Waals surface area (Å²) in [7, 11) is 1.96. The molecule has 0 spiro atoms. The molecule has 0 saturated heterocycles. The lowest BCUT2D eigenvalue weighted by atomic mass is 10.2. The second-order valence-electron chi connectivity index (χ2n) is 4.70. The smallest absolute Gasteiger partial charge is 0.147 e. The van der Waals surface area contributed by atoms with Crippen molar-refractivity contribution in [2.24, 2.45) is 7.05 Å². The van der Waals surface area contributed by atoms with Crippen molar-refractivity contribution in [3.63, 3.8) is 0 Å². The van der Waals surface area contributed by atoms with Gasteiger partial charge in [-0.3, -0.25) is 4.68 Å². The summed E-state index contributed by atoms with van der Waals surface area (Å²) >= 11 is 1.97. The molecule has 0 radical (unpaired) electrons. The predicted molar refractivity (Wildman–Crippen MR) is 75.6 cm³/mol. The average molecular weight is 254 g/mol. The number of nitrogens with zero attached hydrogens (tertiary/aromatic N) is 2. The Morgan fingerprint density at radius 2 is 2.29 bits per heavy atom. The van der Waals surface area contributed by atoms with Crippen LogP contribution < -0.4 is 11.1 Å². The number of hydrogen-bond donors (Lipinski definition) is 2. The number of nitrogens with one attached hydrogen (secondary N) is 1. The molecule has 1 aromatic heterocycles. The number of aromatic nitrogens is 2. The van der Waals surface area contributed by atoms with E-state index < -0.39 is 0 Å². The molecule has 2 atom stereocenters. The Hall–Kier alpha value is -0.840. The summed E-state index contributed by atoms with van der Waals surface area (Å²) < 4.78 is 1.88. The summed E-state index contributed by atoms with van der Waals surface area (Å²) in [4.78, 5) is 0. The molecular formula is C12H22N4S. The highest BCUT2D eigenvalue weighted by atomic mass is 32.2. The second-order valence-corrected chi connectivity index (χ2v) is 5.84. The SMILES string of the molecule is CCc1nn(C)c(NC2CCC(SC)C2)c1N. The minimum atomic E-state index is 0.551. The van der Waals surface area contributed by atoms with Crippen LogP contribution in [0.15, 0.2) is 0 Å². The maximum absolute atomic E-state index is 6.11. The summed E-state index contributed by atoms with van der Waals surface area (Å²) in [5.74, 6) is 0.994. The lowest BCUT2D eigenvalue weighted by Crippen LogP contribution is -2.18. The van der Waals surface area contributed by atoms with Crippen LogP contribution in [-0.4, -0.2) is 27.3 Å². The molecule has 1 aliphatic rings. The fourth-order valence-corrected chi connectivity index (χ4v) is 3.30. The number of nitrogen functional groups attached to an aromatic ring is 1. The van der Waals surface area contributed by atoms with Gasteiger partial charge in [-0.1, -0.05) is 6.92 Å². The molecule has 1 heterocycles. The van der Waals surface area contributed by atoms with Crippen LogP contribution in [0.1, 0.15) is 31.9 Å². The minimum absolute atomic E-state index is 0.551. The Bertz CT molecular complexity index is 388. The van der Waals surface area contributed by atoms with Crippen molar-refractivity contribution in [3.05, 3.63) is 5.69 Å². The van der Waals surface area contributed by atoms with Gasteiger partial charge in [-0.25, -0.2) is 0 Å². The lowest BCUT2D eigenvalue weighted by Gasteiger charge is -2.14. The first-order valence-electron chi connectivity index (χ1n) is 6.26. The topological polar surface area (TPSA) is 55.9 Å². The summed E-state index contributed by atoms with van der Waals surface area (Å²) in [6, 6.07) is 0.551. The average Bonchev–Trinajstić information content (AvgIpc) is 2.88. The van der Waals surface area contributed by atoms with Crippen molar-refractivity contribution >= 4 is 23.3 Å². The number of rotatable bonds is 4. The van der Waals surface area contributed by atoms with Gasteiger partial charge in [0, 0.05) is 18.3 Å². The van der Waals surface area contributed by atoms with Crippen molar-refractivity contribution in [2.45, 2.75) is 43.9 Å². The largest absolute Gasteiger partial charge is 0.394 e. The normalized spacial score (nSPS) is 24.2. The van der Waals surface area contributed by atoms with Gasteiger partial charge in [0.05, 0.1) is 11.4 Å². The van der Waals surface area contributed by atoms with Crippen LogP contribution in [-0.2, 0) is 13.5 Å². The Kier molecular flexibility index (Phi) is 3.86. The number of thioether (sulfide) groups is 1. The zero-order valence-electron chi connectivity index (χ0n) is 10.9. The molecule has 1 saturated carbocycles. The maximum atomic E-state index is 6.11. The summed E-state index contributed by atoms with van der Waals surface area (Å²) in [5.41, 5.74) is 7.93. The Balaban J connectivity index is 2.06. The molecule has 0 bridgehead atoms. The number of hydrogen-bond acceptors (Lipinski definition) is 4. The molecule has 17 heavy (non-hydrogen) atoms. The van der Waals surface area contributed by atoms with E-state index in [1.807, 2.05) is 23.5 Å². The van der Waals surface area contributed by atoms with Gasteiger partial charge in [0.2, 0.25) is 0 Å². The highest BCUT2D eigenvalue weighted by Crippen LogP contribution is 2.32.